The Morgan fingerprint density at radius 1 is 0.694 bits per heavy atom. The maximum Gasteiger partial charge on any atom is 0.0860 e. The molecular formula is C34H36N2. The minimum atomic E-state index is 0.898. The lowest BCUT2D eigenvalue weighted by Crippen LogP contribution is -1.91. The molecule has 0 saturated heterocycles. The molecule has 0 heterocycles. The third-order valence-electron chi connectivity index (χ3n) is 6.75. The second-order valence-corrected chi connectivity index (χ2v) is 9.43. The average molecular weight is 473 g/mol. The fourth-order valence-electron chi connectivity index (χ4n) is 4.61. The van der Waals surface area contributed by atoms with Crippen LogP contribution in [-0.4, -0.2) is 0 Å². The number of unbranched alkanes of at least 4 members (excludes halogenated alkanes) is 3. The highest BCUT2D eigenvalue weighted by atomic mass is 15.1. The molecule has 0 N–H and O–H groups in total. The van der Waals surface area contributed by atoms with Gasteiger partial charge in [-0.05, 0) is 95.5 Å². The van der Waals surface area contributed by atoms with Crippen molar-refractivity contribution in [3.05, 3.63) is 119 Å². The molecule has 0 bridgehead atoms. The number of rotatable bonds is 10. The fourth-order valence-corrected chi connectivity index (χ4v) is 4.61. The van der Waals surface area contributed by atoms with Gasteiger partial charge in [-0.25, -0.2) is 0 Å². The van der Waals surface area contributed by atoms with E-state index in [0.29, 0.717) is 0 Å². The first kappa shape index (κ1) is 25.3. The molecule has 2 nitrogen and oxygen atoms in total. The van der Waals surface area contributed by atoms with Gasteiger partial charge in [-0.2, -0.15) is 10.2 Å². The Morgan fingerprint density at radius 3 is 2.08 bits per heavy atom. The normalized spacial score (nSPS) is 11.5. The molecule has 0 fully saturated rings. The number of benzene rings is 4. The second kappa shape index (κ2) is 12.8. The highest BCUT2D eigenvalue weighted by Crippen LogP contribution is 2.30. The van der Waals surface area contributed by atoms with Crippen molar-refractivity contribution in [2.24, 2.45) is 10.2 Å². The number of nitrogens with zero attached hydrogens (tertiary/aromatic N) is 2. The average Bonchev–Trinajstić information content (AvgIpc) is 2.92. The molecule has 0 aromatic heterocycles. The Hall–Kier alpha value is -3.78. The summed E-state index contributed by atoms with van der Waals surface area (Å²) in [6, 6.07) is 32.1. The Balaban J connectivity index is 1.53. The van der Waals surface area contributed by atoms with Crippen LogP contribution in [0.4, 0.5) is 5.69 Å². The van der Waals surface area contributed by atoms with Gasteiger partial charge in [-0.1, -0.05) is 99.0 Å². The van der Waals surface area contributed by atoms with Crippen LogP contribution >= 0.6 is 0 Å². The summed E-state index contributed by atoms with van der Waals surface area (Å²) in [5, 5.41) is 8.91. The topological polar surface area (TPSA) is 24.7 Å². The van der Waals surface area contributed by atoms with Crippen LogP contribution in [0.1, 0.15) is 54.9 Å². The second-order valence-electron chi connectivity index (χ2n) is 9.43. The summed E-state index contributed by atoms with van der Waals surface area (Å²) in [4.78, 5) is 0. The van der Waals surface area contributed by atoms with E-state index in [1.807, 2.05) is 6.08 Å². The van der Waals surface area contributed by atoms with Gasteiger partial charge in [0.1, 0.15) is 0 Å². The van der Waals surface area contributed by atoms with E-state index < -0.39 is 0 Å². The number of aryl methyl sites for hydroxylation is 2. The molecule has 4 aromatic rings. The Labute approximate surface area is 216 Å². The zero-order valence-corrected chi connectivity index (χ0v) is 21.7. The largest absolute Gasteiger partial charge is 0.159 e. The molecule has 182 valence electrons. The van der Waals surface area contributed by atoms with Gasteiger partial charge in [-0.15, -0.1) is 0 Å². The monoisotopic (exact) mass is 472 g/mol. The van der Waals surface area contributed by atoms with Crippen molar-refractivity contribution >= 4 is 11.8 Å². The summed E-state index contributed by atoms with van der Waals surface area (Å²) in [5.74, 6) is 0. The molecule has 2 heteroatoms. The first-order chi connectivity index (χ1) is 17.7. The first-order valence-electron chi connectivity index (χ1n) is 13.1. The quantitative estimate of drug-likeness (QED) is 0.162. The van der Waals surface area contributed by atoms with E-state index >= 15 is 0 Å². The summed E-state index contributed by atoms with van der Waals surface area (Å²) in [6.45, 7) is 6.60. The van der Waals surface area contributed by atoms with Gasteiger partial charge < -0.3 is 0 Å². The van der Waals surface area contributed by atoms with Gasteiger partial charge in [0.2, 0.25) is 0 Å². The molecule has 0 atom stereocenters. The van der Waals surface area contributed by atoms with Gasteiger partial charge in [0.05, 0.1) is 11.9 Å². The van der Waals surface area contributed by atoms with E-state index in [1.165, 1.54) is 64.6 Å². The van der Waals surface area contributed by atoms with Crippen molar-refractivity contribution in [2.75, 3.05) is 0 Å². The van der Waals surface area contributed by atoms with Gasteiger partial charge >= 0.3 is 0 Å². The van der Waals surface area contributed by atoms with Gasteiger partial charge in [0.25, 0.3) is 0 Å². The van der Waals surface area contributed by atoms with Crippen LogP contribution in [0.15, 0.2) is 107 Å². The Morgan fingerprint density at radius 2 is 1.39 bits per heavy atom. The van der Waals surface area contributed by atoms with Crippen molar-refractivity contribution in [1.82, 2.24) is 0 Å². The predicted octanol–water partition coefficient (Wildman–Crippen LogP) is 10.5. The first-order valence-corrected chi connectivity index (χ1v) is 13.1. The molecule has 0 unspecified atom stereocenters. The van der Waals surface area contributed by atoms with Crippen LogP contribution in [0.5, 0.6) is 0 Å². The van der Waals surface area contributed by atoms with Crippen molar-refractivity contribution in [2.45, 2.75) is 52.9 Å². The van der Waals surface area contributed by atoms with Gasteiger partial charge in [0.15, 0.2) is 0 Å². The SMILES string of the molecule is CCCCCCc1cc(N=NC=Cc2cc(C)c(C)c(-c3ccccc3)c2)ccc1-c1ccccc1. The summed E-state index contributed by atoms with van der Waals surface area (Å²) in [7, 11) is 0. The summed E-state index contributed by atoms with van der Waals surface area (Å²) < 4.78 is 0. The van der Waals surface area contributed by atoms with E-state index in [1.54, 1.807) is 6.20 Å². The van der Waals surface area contributed by atoms with Gasteiger partial charge in [0, 0.05) is 0 Å². The third-order valence-corrected chi connectivity index (χ3v) is 6.75. The molecule has 36 heavy (non-hydrogen) atoms. The van der Waals surface area contributed by atoms with E-state index in [-0.39, 0.29) is 0 Å². The molecule has 0 saturated carbocycles. The lowest BCUT2D eigenvalue weighted by atomic mass is 9.94. The lowest BCUT2D eigenvalue weighted by molar-refractivity contribution is 0.667. The predicted molar refractivity (Wildman–Crippen MR) is 155 cm³/mol. The lowest BCUT2D eigenvalue weighted by Gasteiger charge is -2.11. The van der Waals surface area contributed by atoms with Crippen LogP contribution in [0, 0.1) is 13.8 Å². The molecule has 4 aromatic carbocycles. The van der Waals surface area contributed by atoms with E-state index in [0.717, 1.165) is 17.7 Å². The van der Waals surface area contributed by atoms with Crippen molar-refractivity contribution in [1.29, 1.82) is 0 Å². The summed E-state index contributed by atoms with van der Waals surface area (Å²) in [6.07, 6.45) is 9.89. The standard InChI is InChI=1S/C34H36N2/c1-4-5-6-9-18-31-25-32(19-20-33(31)29-14-10-7-11-15-29)36-35-22-21-28-23-26(2)27(3)34(24-28)30-16-12-8-13-17-30/h7-8,10-17,19-25H,4-6,9,18H2,1-3H3. The highest BCUT2D eigenvalue weighted by Gasteiger charge is 2.07. The van der Waals surface area contributed by atoms with Crippen LogP contribution in [0.2, 0.25) is 0 Å². The molecule has 0 aliphatic heterocycles. The van der Waals surface area contributed by atoms with Crippen molar-refractivity contribution in [3.63, 3.8) is 0 Å². The molecule has 0 aliphatic carbocycles. The number of azo groups is 1. The summed E-state index contributed by atoms with van der Waals surface area (Å²) >= 11 is 0. The molecule has 0 spiro atoms. The van der Waals surface area contributed by atoms with Gasteiger partial charge in [-0.3, -0.25) is 0 Å². The maximum atomic E-state index is 4.52. The third kappa shape index (κ3) is 6.66. The Kier molecular flexibility index (Phi) is 8.99. The van der Waals surface area contributed by atoms with Crippen LogP contribution in [0.25, 0.3) is 28.3 Å². The number of hydrogen-bond donors (Lipinski definition) is 0. The molecular weight excluding hydrogens is 436 g/mol. The van der Waals surface area contributed by atoms with E-state index in [4.69, 9.17) is 0 Å². The fraction of sp³-hybridized carbons (Fsp3) is 0.235. The molecule has 0 radical (unpaired) electrons. The highest BCUT2D eigenvalue weighted by molar-refractivity contribution is 5.72. The molecule has 4 rings (SSSR count). The molecule has 0 amide bonds. The molecule has 0 aliphatic rings. The Bertz CT molecular complexity index is 1320. The smallest absolute Gasteiger partial charge is 0.0860 e. The van der Waals surface area contributed by atoms with Crippen LogP contribution in [-0.2, 0) is 6.42 Å². The minimum absolute atomic E-state index is 0.898. The maximum absolute atomic E-state index is 4.52. The minimum Gasteiger partial charge on any atom is -0.159 e. The zero-order valence-electron chi connectivity index (χ0n) is 21.7. The zero-order chi connectivity index (χ0) is 25.2. The van der Waals surface area contributed by atoms with E-state index in [2.05, 4.69) is 122 Å². The van der Waals surface area contributed by atoms with Crippen molar-refractivity contribution < 1.29 is 0 Å². The van der Waals surface area contributed by atoms with Crippen LogP contribution in [0.3, 0.4) is 0 Å². The van der Waals surface area contributed by atoms with Crippen LogP contribution < -0.4 is 0 Å². The summed E-state index contributed by atoms with van der Waals surface area (Å²) in [5.41, 5.74) is 11.0. The van der Waals surface area contributed by atoms with E-state index in [9.17, 15) is 0 Å². The van der Waals surface area contributed by atoms with Crippen molar-refractivity contribution in [3.8, 4) is 22.3 Å². The number of hydrogen-bond acceptors (Lipinski definition) is 2.